The second-order valence-electron chi connectivity index (χ2n) is 4.63. The number of hydrogen-bond acceptors (Lipinski definition) is 3. The van der Waals surface area contributed by atoms with Crippen molar-refractivity contribution in [2.45, 2.75) is 12.0 Å². The van der Waals surface area contributed by atoms with Crippen LogP contribution < -0.4 is 5.32 Å². The molecular weight excluding hydrogens is 309 g/mol. The van der Waals surface area contributed by atoms with E-state index in [1.54, 1.807) is 29.2 Å². The fourth-order valence-corrected chi connectivity index (χ4v) is 2.65. The Labute approximate surface area is 128 Å². The predicted molar refractivity (Wildman–Crippen MR) is 77.9 cm³/mol. The van der Waals surface area contributed by atoms with Gasteiger partial charge in [-0.1, -0.05) is 29.8 Å². The Kier molecular flexibility index (Phi) is 6.61. The Morgan fingerprint density at radius 1 is 1.30 bits per heavy atom. The van der Waals surface area contributed by atoms with Gasteiger partial charge in [-0.15, -0.1) is 12.4 Å². The van der Waals surface area contributed by atoms with E-state index in [4.69, 9.17) is 16.7 Å². The van der Waals surface area contributed by atoms with Crippen molar-refractivity contribution < 1.29 is 13.9 Å². The maximum Gasteiger partial charge on any atom is 0.289 e. The fraction of sp³-hybridized carbons (Fsp3) is 0.538. The van der Waals surface area contributed by atoms with Gasteiger partial charge in [-0.05, 0) is 11.6 Å². The summed E-state index contributed by atoms with van der Waals surface area (Å²) in [5, 5.41) is 12.4. The van der Waals surface area contributed by atoms with Gasteiger partial charge in [0.1, 0.15) is 12.6 Å². The van der Waals surface area contributed by atoms with Gasteiger partial charge in [0.2, 0.25) is 0 Å². The Hall–Kier alpha value is -0.460. The number of nitrogens with zero attached hydrogens (tertiary/aromatic N) is 1. The third kappa shape index (κ3) is 3.80. The van der Waals surface area contributed by atoms with E-state index in [1.165, 1.54) is 0 Å². The quantitative estimate of drug-likeness (QED) is 0.891. The molecule has 1 aliphatic heterocycles. The average molecular weight is 327 g/mol. The minimum absolute atomic E-state index is 0. The molecular formula is C13H18Cl2F2N2O. The maximum atomic E-state index is 14.1. The molecule has 0 spiro atoms. The van der Waals surface area contributed by atoms with Crippen LogP contribution in [-0.2, 0) is 0 Å². The molecule has 2 rings (SSSR count). The summed E-state index contributed by atoms with van der Waals surface area (Å²) in [6.45, 7) is 1.13. The molecule has 3 nitrogen and oxygen atoms in total. The zero-order valence-electron chi connectivity index (χ0n) is 10.9. The third-order valence-corrected chi connectivity index (χ3v) is 3.67. The van der Waals surface area contributed by atoms with Crippen LogP contribution in [0, 0.1) is 0 Å². The summed E-state index contributed by atoms with van der Waals surface area (Å²) < 4.78 is 28.2. The van der Waals surface area contributed by atoms with Crippen molar-refractivity contribution in [3.05, 3.63) is 34.9 Å². The van der Waals surface area contributed by atoms with Gasteiger partial charge in [0.15, 0.2) is 0 Å². The molecule has 7 heteroatoms. The van der Waals surface area contributed by atoms with Crippen LogP contribution in [0.3, 0.4) is 0 Å². The largest absolute Gasteiger partial charge is 0.390 e. The van der Waals surface area contributed by atoms with Crippen molar-refractivity contribution >= 4 is 24.0 Å². The molecule has 1 aliphatic rings. The summed E-state index contributed by atoms with van der Waals surface area (Å²) in [6.07, 6.45) is 0. The fourth-order valence-electron chi connectivity index (χ4n) is 2.41. The maximum absolute atomic E-state index is 14.1. The van der Waals surface area contributed by atoms with Crippen LogP contribution >= 0.6 is 24.0 Å². The highest BCUT2D eigenvalue weighted by molar-refractivity contribution is 6.31. The summed E-state index contributed by atoms with van der Waals surface area (Å²) in [6, 6.07) is 5.40. The molecule has 0 unspecified atom stereocenters. The number of halogens is 4. The van der Waals surface area contributed by atoms with E-state index in [9.17, 15) is 8.78 Å². The van der Waals surface area contributed by atoms with Crippen LogP contribution in [0.2, 0.25) is 5.02 Å². The molecule has 1 aromatic carbocycles. The molecule has 2 N–H and O–H groups in total. The van der Waals surface area contributed by atoms with E-state index in [0.717, 1.165) is 0 Å². The summed E-state index contributed by atoms with van der Waals surface area (Å²) >= 11 is 6.04. The van der Waals surface area contributed by atoms with Crippen molar-refractivity contribution in [3.63, 3.8) is 0 Å². The van der Waals surface area contributed by atoms with Crippen LogP contribution in [0.1, 0.15) is 11.6 Å². The lowest BCUT2D eigenvalue weighted by atomic mass is 9.98. The van der Waals surface area contributed by atoms with Gasteiger partial charge in [0.05, 0.1) is 0 Å². The van der Waals surface area contributed by atoms with Gasteiger partial charge in [-0.3, -0.25) is 4.90 Å². The average Bonchev–Trinajstić information content (AvgIpc) is 2.42. The van der Waals surface area contributed by atoms with Gasteiger partial charge in [-0.2, -0.15) is 0 Å². The molecule has 0 aliphatic carbocycles. The first-order valence-corrected chi connectivity index (χ1v) is 6.62. The van der Waals surface area contributed by atoms with E-state index in [1.807, 2.05) is 0 Å². The van der Waals surface area contributed by atoms with Gasteiger partial charge in [-0.25, -0.2) is 8.78 Å². The molecule has 0 bridgehead atoms. The number of aliphatic hydroxyl groups is 1. The van der Waals surface area contributed by atoms with Crippen molar-refractivity contribution in [3.8, 4) is 0 Å². The summed E-state index contributed by atoms with van der Waals surface area (Å²) in [5.41, 5.74) is 0.366. The van der Waals surface area contributed by atoms with Crippen LogP contribution in [0.25, 0.3) is 0 Å². The van der Waals surface area contributed by atoms with Gasteiger partial charge in [0.25, 0.3) is 5.92 Å². The topological polar surface area (TPSA) is 35.5 Å². The van der Waals surface area contributed by atoms with Crippen molar-refractivity contribution in [2.24, 2.45) is 0 Å². The second kappa shape index (κ2) is 7.52. The summed E-state index contributed by atoms with van der Waals surface area (Å²) in [4.78, 5) is 1.67. The van der Waals surface area contributed by atoms with Crippen LogP contribution in [0.4, 0.5) is 8.78 Å². The molecule has 114 valence electrons. The molecule has 20 heavy (non-hydrogen) atoms. The zero-order valence-corrected chi connectivity index (χ0v) is 12.4. The Morgan fingerprint density at radius 3 is 2.45 bits per heavy atom. The number of benzene rings is 1. The Morgan fingerprint density at radius 2 is 1.90 bits per heavy atom. The molecule has 1 heterocycles. The molecule has 0 saturated carbocycles. The first kappa shape index (κ1) is 17.6. The highest BCUT2D eigenvalue weighted by Gasteiger charge is 2.44. The first-order valence-electron chi connectivity index (χ1n) is 6.24. The predicted octanol–water partition coefficient (Wildman–Crippen LogP) is 2.34. The SMILES string of the molecule is Cl.OCC(F)(F)[C@@H](c1ccccc1Cl)N1CCNCC1. The highest BCUT2D eigenvalue weighted by atomic mass is 35.5. The summed E-state index contributed by atoms with van der Waals surface area (Å²) in [5.74, 6) is -3.22. The van der Waals surface area contributed by atoms with Gasteiger partial charge < -0.3 is 10.4 Å². The number of hydrogen-bond donors (Lipinski definition) is 2. The minimum Gasteiger partial charge on any atom is -0.390 e. The van der Waals surface area contributed by atoms with Crippen LogP contribution in [0.15, 0.2) is 24.3 Å². The van der Waals surface area contributed by atoms with Gasteiger partial charge in [0, 0.05) is 31.2 Å². The number of nitrogens with one attached hydrogen (secondary N) is 1. The van der Waals surface area contributed by atoms with E-state index >= 15 is 0 Å². The van der Waals surface area contributed by atoms with Crippen LogP contribution in [-0.4, -0.2) is 48.7 Å². The normalized spacial score (nSPS) is 18.4. The molecule has 1 aromatic rings. The lowest BCUT2D eigenvalue weighted by Crippen LogP contribution is -2.51. The molecule has 1 fully saturated rings. The number of alkyl halides is 2. The van der Waals surface area contributed by atoms with Crippen molar-refractivity contribution in [1.29, 1.82) is 0 Å². The third-order valence-electron chi connectivity index (χ3n) is 3.33. The number of piperazine rings is 1. The Bertz CT molecular complexity index is 429. The van der Waals surface area contributed by atoms with Crippen molar-refractivity contribution in [1.82, 2.24) is 10.2 Å². The first-order chi connectivity index (χ1) is 9.06. The number of aliphatic hydroxyl groups excluding tert-OH is 1. The van der Waals surface area contributed by atoms with E-state index < -0.39 is 18.6 Å². The highest BCUT2D eigenvalue weighted by Crippen LogP contribution is 2.39. The van der Waals surface area contributed by atoms with Gasteiger partial charge >= 0.3 is 0 Å². The monoisotopic (exact) mass is 326 g/mol. The Balaban J connectivity index is 0.00000200. The molecule has 0 aromatic heterocycles. The smallest absolute Gasteiger partial charge is 0.289 e. The molecule has 1 atom stereocenters. The van der Waals surface area contributed by atoms with Crippen LogP contribution in [0.5, 0.6) is 0 Å². The second-order valence-corrected chi connectivity index (χ2v) is 5.04. The lowest BCUT2D eigenvalue weighted by Gasteiger charge is -2.39. The standard InChI is InChI=1S/C13H17ClF2N2O.ClH/c14-11-4-2-1-3-10(11)12(13(15,16)9-19)18-7-5-17-6-8-18;/h1-4,12,17,19H,5-9H2;1H/t12-;/m1./s1. The van der Waals surface area contributed by atoms with Crippen molar-refractivity contribution in [2.75, 3.05) is 32.8 Å². The van der Waals surface area contributed by atoms with E-state index in [-0.39, 0.29) is 12.4 Å². The molecule has 1 saturated heterocycles. The zero-order chi connectivity index (χ0) is 13.9. The lowest BCUT2D eigenvalue weighted by molar-refractivity contribution is -0.118. The van der Waals surface area contributed by atoms with E-state index in [2.05, 4.69) is 5.32 Å². The summed E-state index contributed by atoms with van der Waals surface area (Å²) in [7, 11) is 0. The minimum atomic E-state index is -3.22. The molecule has 0 amide bonds. The number of rotatable bonds is 4. The van der Waals surface area contributed by atoms with E-state index in [0.29, 0.717) is 36.8 Å². The molecule has 0 radical (unpaired) electrons.